The third-order valence-corrected chi connectivity index (χ3v) is 6.84. The molecule has 3 aromatic heterocycles. The number of fused-ring (bicyclic) bond motifs is 1. The van der Waals surface area contributed by atoms with Gasteiger partial charge in [-0.25, -0.2) is 26.3 Å². The minimum atomic E-state index is -3.25. The first-order valence-corrected chi connectivity index (χ1v) is 11.4. The molecule has 5 rings (SSSR count). The zero-order valence-electron chi connectivity index (χ0n) is 19.6. The van der Waals surface area contributed by atoms with Crippen LogP contribution < -0.4 is 10.6 Å². The summed E-state index contributed by atoms with van der Waals surface area (Å²) in [5.41, 5.74) is -3.62. The van der Waals surface area contributed by atoms with Gasteiger partial charge in [0, 0.05) is 37.4 Å². The molecule has 0 spiro atoms. The Bertz CT molecular complexity index is 1440. The minimum absolute atomic E-state index is 0.0272. The van der Waals surface area contributed by atoms with Crippen LogP contribution in [0.5, 0.6) is 0 Å². The van der Waals surface area contributed by atoms with Gasteiger partial charge in [0.15, 0.2) is 5.82 Å². The fourth-order valence-electron chi connectivity index (χ4n) is 5.14. The van der Waals surface area contributed by atoms with Crippen molar-refractivity contribution in [2.75, 3.05) is 5.32 Å². The molecule has 0 aromatic carbocycles. The van der Waals surface area contributed by atoms with E-state index in [9.17, 15) is 40.7 Å². The number of amides is 2. The van der Waals surface area contributed by atoms with Gasteiger partial charge in [-0.2, -0.15) is 0 Å². The molecule has 1 fully saturated rings. The number of anilines is 1. The van der Waals surface area contributed by atoms with E-state index in [4.69, 9.17) is 0 Å². The lowest BCUT2D eigenvalue weighted by Crippen LogP contribution is -2.61. The number of carbonyl (C=O) groups excluding carboxylic acids is 3. The summed E-state index contributed by atoms with van der Waals surface area (Å²) in [6.45, 7) is 0.961. The summed E-state index contributed by atoms with van der Waals surface area (Å²) in [4.78, 5) is 42.5. The van der Waals surface area contributed by atoms with E-state index in [1.165, 1.54) is 13.1 Å². The summed E-state index contributed by atoms with van der Waals surface area (Å²) in [5.74, 6) is -7.95. The number of pyridine rings is 1. The molecular formula is C23H20F6N6O3. The van der Waals surface area contributed by atoms with E-state index in [1.807, 2.05) is 0 Å². The van der Waals surface area contributed by atoms with Crippen molar-refractivity contribution in [3.8, 4) is 0 Å². The number of Topliss-reactive ketones (excluding diaryl/α,β-unsaturated/α-hetero) is 1. The molecule has 3 aromatic rings. The molecule has 1 unspecified atom stereocenters. The molecule has 4 heterocycles. The van der Waals surface area contributed by atoms with Crippen LogP contribution in [-0.2, 0) is 23.3 Å². The van der Waals surface area contributed by atoms with Crippen molar-refractivity contribution in [2.45, 2.75) is 56.8 Å². The van der Waals surface area contributed by atoms with E-state index in [2.05, 4.69) is 25.8 Å². The topological polar surface area (TPSA) is 125 Å². The Labute approximate surface area is 210 Å². The lowest BCUT2D eigenvalue weighted by molar-refractivity contribution is -0.149. The first kappa shape index (κ1) is 25.6. The average molecular weight is 542 g/mol. The maximum Gasteiger partial charge on any atom is 0.293 e. The van der Waals surface area contributed by atoms with Gasteiger partial charge in [0.1, 0.15) is 17.6 Å². The SMILES string of the molecule is Cc1c(C(=O)C(=O)NC2(c3c[nH][nH]3)CC(F)(F)C2)c2n(c1C(=O)Nc1ccnc(C(F)F)c1F)CC(F)C2. The summed E-state index contributed by atoms with van der Waals surface area (Å²) in [6.07, 6.45) is -4.33. The average Bonchev–Trinajstić information content (AvgIpc) is 3.24. The maximum atomic E-state index is 14.4. The molecule has 4 N–H and O–H groups in total. The molecule has 15 heteroatoms. The highest BCUT2D eigenvalue weighted by atomic mass is 19.3. The van der Waals surface area contributed by atoms with Gasteiger partial charge in [-0.05, 0) is 18.6 Å². The lowest BCUT2D eigenvalue weighted by atomic mass is 9.71. The Morgan fingerprint density at radius 1 is 1.24 bits per heavy atom. The molecule has 2 aliphatic rings. The van der Waals surface area contributed by atoms with E-state index in [-0.39, 0.29) is 41.2 Å². The molecule has 1 atom stereocenters. The van der Waals surface area contributed by atoms with Crippen LogP contribution in [0.3, 0.4) is 0 Å². The van der Waals surface area contributed by atoms with Crippen LogP contribution in [0.1, 0.15) is 62.8 Å². The van der Waals surface area contributed by atoms with Crippen LogP contribution in [0.15, 0.2) is 18.5 Å². The summed E-state index contributed by atoms with van der Waals surface area (Å²) in [7, 11) is 0. The number of nitrogens with zero attached hydrogens (tertiary/aromatic N) is 2. The van der Waals surface area contributed by atoms with Gasteiger partial charge in [0.2, 0.25) is 0 Å². The first-order valence-electron chi connectivity index (χ1n) is 11.4. The predicted octanol–water partition coefficient (Wildman–Crippen LogP) is 3.69. The molecule has 202 valence electrons. The normalized spacial score (nSPS) is 19.2. The Kier molecular flexibility index (Phi) is 5.91. The summed E-state index contributed by atoms with van der Waals surface area (Å²) < 4.78 is 83.4. The standard InChI is InChI=1S/C23H20F6N6O3/c1-9-14(18(36)21(38)33-22(13-5-31-34-13)7-23(28,29)8-22)12-4-10(24)6-35(12)17(9)20(37)32-11-2-3-30-16(15(11)25)19(26)27/h2-3,5,10,19,31,34H,4,6-8H2,1H3,(H,33,38)(H,30,32,37). The van der Waals surface area contributed by atoms with Crippen LogP contribution in [0.4, 0.5) is 32.0 Å². The van der Waals surface area contributed by atoms with E-state index >= 15 is 0 Å². The second kappa shape index (κ2) is 8.77. The second-order valence-corrected chi connectivity index (χ2v) is 9.42. The Morgan fingerprint density at radius 3 is 2.50 bits per heavy atom. The monoisotopic (exact) mass is 542 g/mol. The largest absolute Gasteiger partial charge is 0.338 e. The number of H-pyrrole nitrogens is 2. The van der Waals surface area contributed by atoms with Crippen LogP contribution in [-0.4, -0.2) is 49.4 Å². The van der Waals surface area contributed by atoms with Crippen molar-refractivity contribution >= 4 is 23.3 Å². The third kappa shape index (κ3) is 4.05. The Morgan fingerprint density at radius 2 is 1.92 bits per heavy atom. The van der Waals surface area contributed by atoms with E-state index in [1.54, 1.807) is 0 Å². The van der Waals surface area contributed by atoms with Crippen LogP contribution in [0.25, 0.3) is 0 Å². The fourth-order valence-corrected chi connectivity index (χ4v) is 5.14. The zero-order chi connectivity index (χ0) is 27.6. The number of aromatic amines is 2. The molecule has 2 amide bonds. The number of hydrogen-bond donors (Lipinski definition) is 4. The van der Waals surface area contributed by atoms with Crippen molar-refractivity contribution in [3.05, 3.63) is 58.2 Å². The van der Waals surface area contributed by atoms with Gasteiger partial charge < -0.3 is 25.4 Å². The Hall–Kier alpha value is -4.04. The minimum Gasteiger partial charge on any atom is -0.338 e. The first-order chi connectivity index (χ1) is 17.8. The molecule has 0 radical (unpaired) electrons. The van der Waals surface area contributed by atoms with Gasteiger partial charge in [-0.1, -0.05) is 0 Å². The van der Waals surface area contributed by atoms with Gasteiger partial charge in [-0.3, -0.25) is 19.4 Å². The molecule has 0 bridgehead atoms. The van der Waals surface area contributed by atoms with E-state index in [0.29, 0.717) is 0 Å². The van der Waals surface area contributed by atoms with Gasteiger partial charge in [0.25, 0.3) is 29.9 Å². The number of rotatable bonds is 7. The number of hydrogen-bond acceptors (Lipinski definition) is 4. The van der Waals surface area contributed by atoms with Crippen molar-refractivity contribution in [3.63, 3.8) is 0 Å². The van der Waals surface area contributed by atoms with E-state index in [0.717, 1.165) is 16.8 Å². The zero-order valence-corrected chi connectivity index (χ0v) is 19.6. The number of carbonyl (C=O) groups is 3. The van der Waals surface area contributed by atoms with Gasteiger partial charge in [-0.15, -0.1) is 0 Å². The van der Waals surface area contributed by atoms with Crippen molar-refractivity contribution in [1.29, 1.82) is 0 Å². The van der Waals surface area contributed by atoms with Crippen LogP contribution >= 0.6 is 0 Å². The summed E-state index contributed by atoms with van der Waals surface area (Å²) >= 11 is 0. The fraction of sp³-hybridized carbons (Fsp3) is 0.391. The van der Waals surface area contributed by atoms with Crippen molar-refractivity contribution in [1.82, 2.24) is 25.1 Å². The number of aromatic nitrogens is 4. The second-order valence-electron chi connectivity index (χ2n) is 9.42. The lowest BCUT2D eigenvalue weighted by Gasteiger charge is -2.47. The highest BCUT2D eigenvalue weighted by Gasteiger charge is 2.60. The molecule has 1 aliphatic heterocycles. The molecule has 38 heavy (non-hydrogen) atoms. The molecule has 0 saturated heterocycles. The molecule has 9 nitrogen and oxygen atoms in total. The van der Waals surface area contributed by atoms with Gasteiger partial charge >= 0.3 is 0 Å². The van der Waals surface area contributed by atoms with Crippen LogP contribution in [0, 0.1) is 12.7 Å². The van der Waals surface area contributed by atoms with E-state index < -0.39 is 71.7 Å². The predicted molar refractivity (Wildman–Crippen MR) is 118 cm³/mol. The summed E-state index contributed by atoms with van der Waals surface area (Å²) in [6, 6.07) is 0.950. The third-order valence-electron chi connectivity index (χ3n) is 6.84. The number of nitrogens with one attached hydrogen (secondary N) is 4. The highest BCUT2D eigenvalue weighted by molar-refractivity contribution is 6.44. The van der Waals surface area contributed by atoms with Crippen LogP contribution in [0.2, 0.25) is 0 Å². The summed E-state index contributed by atoms with van der Waals surface area (Å²) in [5, 5.41) is 9.61. The maximum absolute atomic E-state index is 14.4. The molecule has 1 saturated carbocycles. The molecular weight excluding hydrogens is 522 g/mol. The molecule has 1 aliphatic carbocycles. The van der Waals surface area contributed by atoms with Gasteiger partial charge in [0.05, 0.1) is 29.0 Å². The Balaban J connectivity index is 1.45. The highest BCUT2D eigenvalue weighted by Crippen LogP contribution is 2.51. The number of halogens is 6. The van der Waals surface area contributed by atoms with Crippen molar-refractivity contribution in [2.24, 2.45) is 0 Å². The number of alkyl halides is 5. The smallest absolute Gasteiger partial charge is 0.293 e. The van der Waals surface area contributed by atoms with Crippen molar-refractivity contribution < 1.29 is 40.7 Å². The quantitative estimate of drug-likeness (QED) is 0.207. The number of ketones is 1.